The lowest BCUT2D eigenvalue weighted by Gasteiger charge is -2.45. The first-order valence-corrected chi connectivity index (χ1v) is 6.25. The highest BCUT2D eigenvalue weighted by molar-refractivity contribution is 6.33. The predicted octanol–water partition coefficient (Wildman–Crippen LogP) is 4.75. The van der Waals surface area contributed by atoms with Crippen molar-refractivity contribution in [3.63, 3.8) is 0 Å². The van der Waals surface area contributed by atoms with Crippen LogP contribution < -0.4 is 0 Å². The van der Waals surface area contributed by atoms with Gasteiger partial charge in [-0.25, -0.2) is 0 Å². The molecule has 0 aromatic carbocycles. The summed E-state index contributed by atoms with van der Waals surface area (Å²) in [5, 5.41) is -0.0877. The first-order chi connectivity index (χ1) is 6.32. The fourth-order valence-corrected chi connectivity index (χ4v) is 3.31. The number of hydrogen-bond acceptors (Lipinski definition) is 0. The molecular formula is C10H14Cl4. The SMILES string of the molecule is C[C@@]1(Cl)C[C@@](C)(/C=C/Cl)[C@@H](Cl)C[C@H]1Cl. The lowest BCUT2D eigenvalue weighted by molar-refractivity contribution is 0.253. The van der Waals surface area contributed by atoms with E-state index in [1.165, 1.54) is 5.54 Å². The summed E-state index contributed by atoms with van der Waals surface area (Å²) in [4.78, 5) is -0.405. The van der Waals surface area contributed by atoms with Crippen molar-refractivity contribution in [3.8, 4) is 0 Å². The van der Waals surface area contributed by atoms with Crippen LogP contribution in [0.4, 0.5) is 0 Å². The molecule has 0 aliphatic heterocycles. The number of halogens is 4. The zero-order chi connectivity index (χ0) is 11.0. The molecule has 14 heavy (non-hydrogen) atoms. The molecule has 1 saturated carbocycles. The summed E-state index contributed by atoms with van der Waals surface area (Å²) < 4.78 is 0. The van der Waals surface area contributed by atoms with Gasteiger partial charge in [0.1, 0.15) is 0 Å². The van der Waals surface area contributed by atoms with Crippen molar-refractivity contribution in [1.82, 2.24) is 0 Å². The Bertz CT molecular complexity index is 236. The molecule has 0 nitrogen and oxygen atoms in total. The Morgan fingerprint density at radius 1 is 1.21 bits per heavy atom. The highest BCUT2D eigenvalue weighted by Gasteiger charge is 2.47. The topological polar surface area (TPSA) is 0 Å². The molecule has 0 N–H and O–H groups in total. The number of hydrogen-bond donors (Lipinski definition) is 0. The molecule has 1 rings (SSSR count). The van der Waals surface area contributed by atoms with Gasteiger partial charge in [0.05, 0.1) is 10.3 Å². The van der Waals surface area contributed by atoms with Crippen LogP contribution in [0.2, 0.25) is 0 Å². The van der Waals surface area contributed by atoms with Gasteiger partial charge < -0.3 is 0 Å². The largest absolute Gasteiger partial charge is 0.122 e. The van der Waals surface area contributed by atoms with Gasteiger partial charge in [-0.15, -0.1) is 34.8 Å². The Labute approximate surface area is 106 Å². The molecule has 1 fully saturated rings. The molecule has 0 unspecified atom stereocenters. The van der Waals surface area contributed by atoms with Crippen molar-refractivity contribution < 1.29 is 0 Å². The lowest BCUT2D eigenvalue weighted by Crippen LogP contribution is -2.47. The van der Waals surface area contributed by atoms with Crippen molar-refractivity contribution in [2.45, 2.75) is 42.3 Å². The fraction of sp³-hybridized carbons (Fsp3) is 0.800. The molecule has 0 aromatic rings. The Morgan fingerprint density at radius 2 is 1.79 bits per heavy atom. The van der Waals surface area contributed by atoms with Gasteiger partial charge in [0.25, 0.3) is 0 Å². The molecule has 1 aliphatic rings. The number of alkyl halides is 3. The minimum Gasteiger partial charge on any atom is -0.122 e. The van der Waals surface area contributed by atoms with E-state index in [0.29, 0.717) is 6.42 Å². The summed E-state index contributed by atoms with van der Waals surface area (Å²) >= 11 is 24.4. The van der Waals surface area contributed by atoms with E-state index in [9.17, 15) is 0 Å². The molecule has 82 valence electrons. The maximum atomic E-state index is 6.34. The van der Waals surface area contributed by atoms with Crippen molar-refractivity contribution in [3.05, 3.63) is 11.6 Å². The smallest absolute Gasteiger partial charge is 0.0591 e. The van der Waals surface area contributed by atoms with E-state index in [0.717, 1.165) is 6.42 Å². The van der Waals surface area contributed by atoms with E-state index < -0.39 is 4.87 Å². The third-order valence-corrected chi connectivity index (χ3v) is 4.92. The van der Waals surface area contributed by atoms with Crippen LogP contribution in [0.5, 0.6) is 0 Å². The average Bonchev–Trinajstić information content (AvgIpc) is 2.01. The summed E-state index contributed by atoms with van der Waals surface area (Å²) in [6.45, 7) is 4.02. The van der Waals surface area contributed by atoms with Crippen LogP contribution in [-0.4, -0.2) is 15.6 Å². The molecule has 0 aromatic heterocycles. The van der Waals surface area contributed by atoms with Crippen LogP contribution in [-0.2, 0) is 0 Å². The van der Waals surface area contributed by atoms with E-state index >= 15 is 0 Å². The van der Waals surface area contributed by atoms with Crippen LogP contribution in [0.25, 0.3) is 0 Å². The minimum absolute atomic E-state index is 0.00757. The zero-order valence-corrected chi connectivity index (χ0v) is 11.3. The average molecular weight is 276 g/mol. The van der Waals surface area contributed by atoms with Gasteiger partial charge in [-0.2, -0.15) is 0 Å². The van der Waals surface area contributed by atoms with Crippen LogP contribution in [0.15, 0.2) is 11.6 Å². The lowest BCUT2D eigenvalue weighted by atomic mass is 9.70. The maximum Gasteiger partial charge on any atom is 0.0591 e. The van der Waals surface area contributed by atoms with Gasteiger partial charge in [0.2, 0.25) is 0 Å². The van der Waals surface area contributed by atoms with E-state index in [-0.39, 0.29) is 16.2 Å². The quantitative estimate of drug-likeness (QED) is 0.606. The molecule has 4 atom stereocenters. The molecule has 0 bridgehead atoms. The Morgan fingerprint density at radius 3 is 2.29 bits per heavy atom. The van der Waals surface area contributed by atoms with Crippen molar-refractivity contribution in [1.29, 1.82) is 0 Å². The normalized spacial score (nSPS) is 49.9. The zero-order valence-electron chi connectivity index (χ0n) is 8.24. The van der Waals surface area contributed by atoms with E-state index in [1.807, 2.05) is 13.0 Å². The fourth-order valence-electron chi connectivity index (χ4n) is 1.97. The standard InChI is InChI=1S/C10H14Cl4/c1-9(3-4-11)6-10(2,14)8(13)5-7(9)12/h3-4,7-8H,5-6H2,1-2H3/b4-3+/t7-,8+,9+,10+/m0/s1. The molecule has 4 heteroatoms. The van der Waals surface area contributed by atoms with Crippen LogP contribution in [0.1, 0.15) is 26.7 Å². The van der Waals surface area contributed by atoms with E-state index in [1.54, 1.807) is 0 Å². The minimum atomic E-state index is -0.405. The monoisotopic (exact) mass is 274 g/mol. The molecule has 0 radical (unpaired) electrons. The summed E-state index contributed by atoms with van der Waals surface area (Å²) in [5.41, 5.74) is 1.35. The van der Waals surface area contributed by atoms with Gasteiger partial charge in [-0.1, -0.05) is 24.6 Å². The summed E-state index contributed by atoms with van der Waals surface area (Å²) in [5.74, 6) is 0. The molecule has 0 spiro atoms. The van der Waals surface area contributed by atoms with E-state index in [2.05, 4.69) is 6.92 Å². The number of allylic oxidation sites excluding steroid dienone is 1. The predicted molar refractivity (Wildman–Crippen MR) is 65.9 cm³/mol. The second-order valence-corrected chi connectivity index (χ2v) is 6.59. The molecule has 0 amide bonds. The molecule has 0 saturated heterocycles. The Balaban J connectivity index is 2.89. The first-order valence-electron chi connectivity index (χ1n) is 4.57. The number of rotatable bonds is 1. The first kappa shape index (κ1) is 13.0. The van der Waals surface area contributed by atoms with Crippen LogP contribution in [0, 0.1) is 5.41 Å². The van der Waals surface area contributed by atoms with Crippen LogP contribution >= 0.6 is 46.4 Å². The summed E-state index contributed by atoms with van der Waals surface area (Å²) in [7, 11) is 0. The summed E-state index contributed by atoms with van der Waals surface area (Å²) in [6, 6.07) is 0. The van der Waals surface area contributed by atoms with E-state index in [4.69, 9.17) is 46.4 Å². The van der Waals surface area contributed by atoms with Gasteiger partial charge in [-0.05, 0) is 19.8 Å². The van der Waals surface area contributed by atoms with Crippen LogP contribution in [0.3, 0.4) is 0 Å². The van der Waals surface area contributed by atoms with Crippen molar-refractivity contribution in [2.75, 3.05) is 0 Å². The van der Waals surface area contributed by atoms with Crippen molar-refractivity contribution in [2.24, 2.45) is 5.41 Å². The highest BCUT2D eigenvalue weighted by Crippen LogP contribution is 2.49. The molecule has 0 heterocycles. The highest BCUT2D eigenvalue weighted by atomic mass is 35.5. The van der Waals surface area contributed by atoms with Crippen molar-refractivity contribution >= 4 is 46.4 Å². The Hall–Kier alpha value is 0.900. The Kier molecular flexibility index (Phi) is 4.09. The molecular weight excluding hydrogens is 262 g/mol. The van der Waals surface area contributed by atoms with Gasteiger partial charge in [0, 0.05) is 16.3 Å². The van der Waals surface area contributed by atoms with Gasteiger partial charge >= 0.3 is 0 Å². The maximum absolute atomic E-state index is 6.34. The molecule has 1 aliphatic carbocycles. The van der Waals surface area contributed by atoms with Gasteiger partial charge in [-0.3, -0.25) is 0 Å². The van der Waals surface area contributed by atoms with Gasteiger partial charge in [0.15, 0.2) is 0 Å². The second-order valence-electron chi connectivity index (χ2n) is 4.42. The summed E-state index contributed by atoms with van der Waals surface area (Å²) in [6.07, 6.45) is 3.36. The third kappa shape index (κ3) is 2.52. The third-order valence-electron chi connectivity index (χ3n) is 2.95. The second kappa shape index (κ2) is 4.41.